The van der Waals surface area contributed by atoms with Crippen molar-refractivity contribution in [1.29, 1.82) is 0 Å². The number of hydrogen-bond donors (Lipinski definition) is 1. The Bertz CT molecular complexity index is 913. The molecule has 0 bridgehead atoms. The van der Waals surface area contributed by atoms with Crippen LogP contribution in [0.3, 0.4) is 0 Å². The molecule has 0 aliphatic carbocycles. The van der Waals surface area contributed by atoms with Crippen LogP contribution in [0.25, 0.3) is 11.0 Å². The zero-order valence-corrected chi connectivity index (χ0v) is 12.5. The van der Waals surface area contributed by atoms with E-state index in [0.717, 1.165) is 10.9 Å². The van der Waals surface area contributed by atoms with Gasteiger partial charge < -0.3 is 9.73 Å². The van der Waals surface area contributed by atoms with Gasteiger partial charge in [0, 0.05) is 33.8 Å². The first-order chi connectivity index (χ1) is 10.5. The fraction of sp³-hybridized carbons (Fsp3) is 0.0588. The van der Waals surface area contributed by atoms with E-state index in [9.17, 15) is 9.59 Å². The summed E-state index contributed by atoms with van der Waals surface area (Å²) in [7, 11) is 0. The zero-order chi connectivity index (χ0) is 15.7. The van der Waals surface area contributed by atoms with E-state index >= 15 is 0 Å². The number of carbonyl (C=O) groups excluding carboxylic acids is 1. The minimum absolute atomic E-state index is 0.258. The molecule has 1 N–H and O–H groups in total. The molecule has 4 nitrogen and oxygen atoms in total. The molecule has 0 atom stereocenters. The minimum atomic E-state index is -0.411. The molecule has 1 aromatic heterocycles. The van der Waals surface area contributed by atoms with E-state index in [1.165, 1.54) is 6.07 Å². The Labute approximate surface area is 131 Å². The highest BCUT2D eigenvalue weighted by Crippen LogP contribution is 2.21. The molecule has 0 radical (unpaired) electrons. The number of rotatable bonds is 2. The van der Waals surface area contributed by atoms with Crippen molar-refractivity contribution in [3.63, 3.8) is 0 Å². The van der Waals surface area contributed by atoms with Crippen LogP contribution < -0.4 is 10.9 Å². The molecule has 3 aromatic rings. The third-order valence-electron chi connectivity index (χ3n) is 3.32. The predicted molar refractivity (Wildman–Crippen MR) is 86.6 cm³/mol. The summed E-state index contributed by atoms with van der Waals surface area (Å²) in [5.41, 5.74) is 1.92. The Morgan fingerprint density at radius 1 is 1.09 bits per heavy atom. The number of benzene rings is 2. The van der Waals surface area contributed by atoms with E-state index in [1.54, 1.807) is 36.4 Å². The van der Waals surface area contributed by atoms with E-state index in [1.807, 2.05) is 13.0 Å². The number of fused-ring (bicyclic) bond motifs is 1. The molecule has 2 aromatic carbocycles. The number of amides is 1. The van der Waals surface area contributed by atoms with Crippen LogP contribution in [-0.2, 0) is 0 Å². The van der Waals surface area contributed by atoms with Gasteiger partial charge in [-0.05, 0) is 48.9 Å². The van der Waals surface area contributed by atoms with Gasteiger partial charge in [0.05, 0.1) is 0 Å². The Morgan fingerprint density at radius 2 is 1.82 bits per heavy atom. The van der Waals surface area contributed by atoms with E-state index in [4.69, 9.17) is 16.0 Å². The van der Waals surface area contributed by atoms with Crippen LogP contribution in [0.15, 0.2) is 57.7 Å². The van der Waals surface area contributed by atoms with Gasteiger partial charge in [-0.25, -0.2) is 4.79 Å². The van der Waals surface area contributed by atoms with Crippen LogP contribution in [0.4, 0.5) is 5.69 Å². The first-order valence-corrected chi connectivity index (χ1v) is 7.02. The highest BCUT2D eigenvalue weighted by atomic mass is 35.5. The molecule has 5 heteroatoms. The molecule has 0 aliphatic rings. The van der Waals surface area contributed by atoms with Gasteiger partial charge in [0.2, 0.25) is 0 Å². The van der Waals surface area contributed by atoms with Crippen LogP contribution in [0, 0.1) is 6.92 Å². The Balaban J connectivity index is 1.92. The monoisotopic (exact) mass is 313 g/mol. The lowest BCUT2D eigenvalue weighted by molar-refractivity contribution is 0.102. The van der Waals surface area contributed by atoms with E-state index < -0.39 is 5.63 Å². The molecule has 3 rings (SSSR count). The maximum absolute atomic E-state index is 12.1. The van der Waals surface area contributed by atoms with Crippen molar-refractivity contribution >= 4 is 34.2 Å². The third-order valence-corrected chi connectivity index (χ3v) is 3.57. The molecule has 0 unspecified atom stereocenters. The molecule has 0 spiro atoms. The molecule has 0 saturated carbocycles. The topological polar surface area (TPSA) is 59.3 Å². The second kappa shape index (κ2) is 5.66. The highest BCUT2D eigenvalue weighted by molar-refractivity contribution is 6.30. The fourth-order valence-corrected chi connectivity index (χ4v) is 2.33. The summed E-state index contributed by atoms with van der Waals surface area (Å²) in [6.45, 7) is 1.84. The average molecular weight is 314 g/mol. The van der Waals surface area contributed by atoms with Gasteiger partial charge in [-0.15, -0.1) is 0 Å². The second-order valence-corrected chi connectivity index (χ2v) is 5.36. The number of aryl methyl sites for hydroxylation is 1. The summed E-state index contributed by atoms with van der Waals surface area (Å²) in [6, 6.07) is 13.2. The normalized spacial score (nSPS) is 10.6. The summed E-state index contributed by atoms with van der Waals surface area (Å²) >= 11 is 5.80. The Kier molecular flexibility index (Phi) is 3.69. The summed E-state index contributed by atoms with van der Waals surface area (Å²) < 4.78 is 5.16. The first-order valence-electron chi connectivity index (χ1n) is 6.64. The molecule has 0 fully saturated rings. The standard InChI is InChI=1S/C17H12ClNO3/c1-10-8-16(20)22-15-9-13(6-7-14(10)15)19-17(21)11-2-4-12(18)5-3-11/h2-9H,1H3,(H,19,21). The second-order valence-electron chi connectivity index (χ2n) is 4.92. The van der Waals surface area contributed by atoms with Gasteiger partial charge in [-0.2, -0.15) is 0 Å². The Morgan fingerprint density at radius 3 is 2.55 bits per heavy atom. The number of hydrogen-bond acceptors (Lipinski definition) is 3. The van der Waals surface area contributed by atoms with Crippen molar-refractivity contribution in [2.45, 2.75) is 6.92 Å². The quantitative estimate of drug-likeness (QED) is 0.727. The first kappa shape index (κ1) is 14.4. The summed E-state index contributed by atoms with van der Waals surface area (Å²) in [4.78, 5) is 23.6. The smallest absolute Gasteiger partial charge is 0.336 e. The van der Waals surface area contributed by atoms with Crippen LogP contribution in [0.2, 0.25) is 5.02 Å². The lowest BCUT2D eigenvalue weighted by atomic mass is 10.1. The summed E-state index contributed by atoms with van der Waals surface area (Å²) in [5, 5.41) is 4.17. The van der Waals surface area contributed by atoms with Crippen LogP contribution in [-0.4, -0.2) is 5.91 Å². The maximum atomic E-state index is 12.1. The van der Waals surface area contributed by atoms with Crippen LogP contribution in [0.5, 0.6) is 0 Å². The lowest BCUT2D eigenvalue weighted by Crippen LogP contribution is -2.11. The molecule has 1 amide bonds. The summed E-state index contributed by atoms with van der Waals surface area (Å²) in [5.74, 6) is -0.258. The van der Waals surface area contributed by atoms with E-state index in [0.29, 0.717) is 21.9 Å². The van der Waals surface area contributed by atoms with Crippen molar-refractivity contribution in [1.82, 2.24) is 0 Å². The molecule has 22 heavy (non-hydrogen) atoms. The van der Waals surface area contributed by atoms with Crippen LogP contribution >= 0.6 is 11.6 Å². The highest BCUT2D eigenvalue weighted by Gasteiger charge is 2.08. The van der Waals surface area contributed by atoms with Crippen molar-refractivity contribution in [3.8, 4) is 0 Å². The molecular weight excluding hydrogens is 302 g/mol. The molecule has 0 aliphatic heterocycles. The van der Waals surface area contributed by atoms with Gasteiger partial charge in [0.15, 0.2) is 0 Å². The van der Waals surface area contributed by atoms with Gasteiger partial charge in [-0.3, -0.25) is 4.79 Å². The molecule has 110 valence electrons. The van der Waals surface area contributed by atoms with Crippen molar-refractivity contribution in [2.75, 3.05) is 5.32 Å². The number of carbonyl (C=O) groups is 1. The average Bonchev–Trinajstić information content (AvgIpc) is 2.47. The van der Waals surface area contributed by atoms with Crippen LogP contribution in [0.1, 0.15) is 15.9 Å². The van der Waals surface area contributed by atoms with Gasteiger partial charge in [0.25, 0.3) is 5.91 Å². The SMILES string of the molecule is Cc1cc(=O)oc2cc(NC(=O)c3ccc(Cl)cc3)ccc12. The number of halogens is 1. The van der Waals surface area contributed by atoms with E-state index in [-0.39, 0.29) is 5.91 Å². The Hall–Kier alpha value is -2.59. The van der Waals surface area contributed by atoms with Crippen molar-refractivity contribution < 1.29 is 9.21 Å². The molecule has 0 saturated heterocycles. The molecule has 1 heterocycles. The van der Waals surface area contributed by atoms with E-state index in [2.05, 4.69) is 5.32 Å². The largest absolute Gasteiger partial charge is 0.423 e. The minimum Gasteiger partial charge on any atom is -0.423 e. The van der Waals surface area contributed by atoms with Gasteiger partial charge >= 0.3 is 5.63 Å². The van der Waals surface area contributed by atoms with Gasteiger partial charge in [-0.1, -0.05) is 11.6 Å². The molecular formula is C17H12ClNO3. The van der Waals surface area contributed by atoms with Crippen molar-refractivity contribution in [2.24, 2.45) is 0 Å². The fourth-order valence-electron chi connectivity index (χ4n) is 2.21. The lowest BCUT2D eigenvalue weighted by Gasteiger charge is -2.07. The van der Waals surface area contributed by atoms with Crippen molar-refractivity contribution in [3.05, 3.63) is 75.1 Å². The maximum Gasteiger partial charge on any atom is 0.336 e. The zero-order valence-electron chi connectivity index (χ0n) is 11.7. The summed E-state index contributed by atoms with van der Waals surface area (Å²) in [6.07, 6.45) is 0. The predicted octanol–water partition coefficient (Wildman–Crippen LogP) is 4.01. The van der Waals surface area contributed by atoms with Gasteiger partial charge in [0.1, 0.15) is 5.58 Å². The number of anilines is 1. The third kappa shape index (κ3) is 2.87. The number of nitrogens with one attached hydrogen (secondary N) is 1.